The summed E-state index contributed by atoms with van der Waals surface area (Å²) in [7, 11) is 0. The van der Waals surface area contributed by atoms with Gasteiger partial charge >= 0.3 is 4.87 Å². The predicted molar refractivity (Wildman–Crippen MR) is 70.0 cm³/mol. The molecule has 1 aromatic heterocycles. The molecule has 1 radical (unpaired) electrons. The molecule has 0 unspecified atom stereocenters. The van der Waals surface area contributed by atoms with Crippen molar-refractivity contribution in [3.8, 4) is 0 Å². The van der Waals surface area contributed by atoms with Crippen molar-refractivity contribution in [3.63, 3.8) is 0 Å². The number of H-pyrrole nitrogens is 1. The summed E-state index contributed by atoms with van der Waals surface area (Å²) in [5.41, 5.74) is 2.28. The first-order chi connectivity index (χ1) is 7.79. The second-order valence-electron chi connectivity index (χ2n) is 4.01. The Hall–Kier alpha value is -1.09. The molecule has 2 rings (SSSR count). The van der Waals surface area contributed by atoms with Crippen LogP contribution < -0.4 is 4.87 Å². The van der Waals surface area contributed by atoms with Crippen LogP contribution in [0.5, 0.6) is 0 Å². The van der Waals surface area contributed by atoms with Crippen LogP contribution in [0.4, 0.5) is 0 Å². The van der Waals surface area contributed by atoms with E-state index >= 15 is 0 Å². The van der Waals surface area contributed by atoms with Gasteiger partial charge in [0.25, 0.3) is 0 Å². The van der Waals surface area contributed by atoms with Gasteiger partial charge in [-0.25, -0.2) is 0 Å². The summed E-state index contributed by atoms with van der Waals surface area (Å²) in [4.78, 5) is 14.0. The second-order valence-corrected chi connectivity index (χ2v) is 5.02. The van der Waals surface area contributed by atoms with E-state index in [1.165, 1.54) is 36.2 Å². The SMILES string of the molecule is [CH2]CCCCCc1ccc2[nH]c(=O)sc2c1. The van der Waals surface area contributed by atoms with Crippen LogP contribution in [-0.2, 0) is 6.42 Å². The Morgan fingerprint density at radius 3 is 2.94 bits per heavy atom. The Labute approximate surface area is 99.3 Å². The second kappa shape index (κ2) is 5.30. The zero-order valence-electron chi connectivity index (χ0n) is 9.29. The minimum Gasteiger partial charge on any atom is -0.312 e. The lowest BCUT2D eigenvalue weighted by molar-refractivity contribution is 0.686. The molecule has 85 valence electrons. The van der Waals surface area contributed by atoms with E-state index in [0.29, 0.717) is 0 Å². The smallest absolute Gasteiger partial charge is 0.305 e. The van der Waals surface area contributed by atoms with Crippen LogP contribution in [0.1, 0.15) is 31.2 Å². The van der Waals surface area contributed by atoms with Gasteiger partial charge in [-0.3, -0.25) is 4.79 Å². The van der Waals surface area contributed by atoms with E-state index in [1.807, 2.05) is 6.07 Å². The number of benzene rings is 1. The Bertz CT molecular complexity index is 512. The van der Waals surface area contributed by atoms with Gasteiger partial charge in [0.05, 0.1) is 10.2 Å². The number of aromatic nitrogens is 1. The fourth-order valence-electron chi connectivity index (χ4n) is 1.83. The molecule has 16 heavy (non-hydrogen) atoms. The zero-order valence-corrected chi connectivity index (χ0v) is 10.1. The number of hydrogen-bond acceptors (Lipinski definition) is 2. The fourth-order valence-corrected chi connectivity index (χ4v) is 2.63. The summed E-state index contributed by atoms with van der Waals surface area (Å²) >= 11 is 1.29. The molecule has 0 spiro atoms. The van der Waals surface area contributed by atoms with Crippen molar-refractivity contribution in [2.24, 2.45) is 0 Å². The van der Waals surface area contributed by atoms with Crippen LogP contribution in [0.2, 0.25) is 0 Å². The van der Waals surface area contributed by atoms with Crippen LogP contribution in [0, 0.1) is 6.92 Å². The maximum atomic E-state index is 11.2. The summed E-state index contributed by atoms with van der Waals surface area (Å²) in [5, 5.41) is 0. The molecule has 0 amide bonds. The van der Waals surface area contributed by atoms with E-state index in [4.69, 9.17) is 0 Å². The lowest BCUT2D eigenvalue weighted by atomic mass is 10.1. The van der Waals surface area contributed by atoms with Crippen LogP contribution >= 0.6 is 11.3 Å². The number of nitrogens with one attached hydrogen (secondary N) is 1. The number of rotatable bonds is 5. The third-order valence-electron chi connectivity index (χ3n) is 2.70. The third kappa shape index (κ3) is 2.73. The number of aromatic amines is 1. The molecule has 0 atom stereocenters. The van der Waals surface area contributed by atoms with Gasteiger partial charge < -0.3 is 4.98 Å². The first kappa shape index (κ1) is 11.4. The molecule has 1 aromatic carbocycles. The number of unbranched alkanes of at least 4 members (excludes halogenated alkanes) is 3. The summed E-state index contributed by atoms with van der Waals surface area (Å²) in [6.07, 6.45) is 5.78. The van der Waals surface area contributed by atoms with E-state index in [9.17, 15) is 4.79 Å². The van der Waals surface area contributed by atoms with Crippen LogP contribution in [0.15, 0.2) is 23.0 Å². The molecule has 0 aliphatic rings. The van der Waals surface area contributed by atoms with Gasteiger partial charge in [0.15, 0.2) is 0 Å². The van der Waals surface area contributed by atoms with Gasteiger partial charge in [-0.1, -0.05) is 43.6 Å². The van der Waals surface area contributed by atoms with Gasteiger partial charge in [0.1, 0.15) is 0 Å². The molecule has 0 fully saturated rings. The summed E-state index contributed by atoms with van der Waals surface area (Å²) < 4.78 is 1.07. The Morgan fingerprint density at radius 1 is 1.25 bits per heavy atom. The Kier molecular flexibility index (Phi) is 3.78. The number of fused-ring (bicyclic) bond motifs is 1. The molecule has 0 bridgehead atoms. The molecule has 0 aliphatic heterocycles. The third-order valence-corrected chi connectivity index (χ3v) is 3.55. The van der Waals surface area contributed by atoms with E-state index in [1.54, 1.807) is 0 Å². The van der Waals surface area contributed by atoms with Gasteiger partial charge in [0, 0.05) is 0 Å². The van der Waals surface area contributed by atoms with Crippen LogP contribution in [-0.4, -0.2) is 4.98 Å². The molecule has 2 nitrogen and oxygen atoms in total. The van der Waals surface area contributed by atoms with E-state index in [-0.39, 0.29) is 4.87 Å². The van der Waals surface area contributed by atoms with Crippen molar-refractivity contribution in [3.05, 3.63) is 40.4 Å². The first-order valence-electron chi connectivity index (χ1n) is 5.70. The van der Waals surface area contributed by atoms with Crippen LogP contribution in [0.3, 0.4) is 0 Å². The first-order valence-corrected chi connectivity index (χ1v) is 6.52. The molecule has 0 aliphatic carbocycles. The normalized spacial score (nSPS) is 11.1. The van der Waals surface area contributed by atoms with Crippen molar-refractivity contribution < 1.29 is 0 Å². The molecule has 0 saturated heterocycles. The van der Waals surface area contributed by atoms with Gasteiger partial charge in [-0.05, 0) is 30.5 Å². The van der Waals surface area contributed by atoms with Crippen molar-refractivity contribution in [1.29, 1.82) is 0 Å². The molecular weight excluding hydrogens is 218 g/mol. The number of hydrogen-bond donors (Lipinski definition) is 1. The zero-order chi connectivity index (χ0) is 11.4. The molecule has 3 heteroatoms. The monoisotopic (exact) mass is 234 g/mol. The van der Waals surface area contributed by atoms with Crippen molar-refractivity contribution in [2.75, 3.05) is 0 Å². The van der Waals surface area contributed by atoms with E-state index in [2.05, 4.69) is 24.0 Å². The molecular formula is C13H16NOS. The molecule has 1 N–H and O–H groups in total. The van der Waals surface area contributed by atoms with Gasteiger partial charge in [0.2, 0.25) is 0 Å². The highest BCUT2D eigenvalue weighted by molar-refractivity contribution is 7.16. The van der Waals surface area contributed by atoms with Crippen molar-refractivity contribution >= 4 is 21.6 Å². The van der Waals surface area contributed by atoms with Gasteiger partial charge in [-0.15, -0.1) is 0 Å². The standard InChI is InChI=1S/C13H16NOS/c1-2-3-4-5-6-10-7-8-11-12(9-10)16-13(15)14-11/h7-9H,1-6H2,(H,14,15). The average Bonchev–Trinajstić information content (AvgIpc) is 2.64. The topological polar surface area (TPSA) is 32.9 Å². The maximum absolute atomic E-state index is 11.2. The lowest BCUT2D eigenvalue weighted by Gasteiger charge is -2.00. The molecule has 2 aromatic rings. The summed E-state index contributed by atoms with van der Waals surface area (Å²) in [6.45, 7) is 3.84. The largest absolute Gasteiger partial charge is 0.312 e. The van der Waals surface area contributed by atoms with Crippen LogP contribution in [0.25, 0.3) is 10.2 Å². The predicted octanol–water partition coefficient (Wildman–Crippen LogP) is 3.53. The Balaban J connectivity index is 2.04. The summed E-state index contributed by atoms with van der Waals surface area (Å²) in [5.74, 6) is 0. The van der Waals surface area contributed by atoms with Crippen molar-refractivity contribution in [2.45, 2.75) is 32.1 Å². The lowest BCUT2D eigenvalue weighted by Crippen LogP contribution is -1.89. The molecule has 0 saturated carbocycles. The van der Waals surface area contributed by atoms with E-state index < -0.39 is 0 Å². The Morgan fingerprint density at radius 2 is 2.12 bits per heavy atom. The minimum atomic E-state index is 0.0317. The number of aryl methyl sites for hydroxylation is 1. The minimum absolute atomic E-state index is 0.0317. The highest BCUT2D eigenvalue weighted by Crippen LogP contribution is 2.17. The summed E-state index contributed by atoms with van der Waals surface area (Å²) in [6, 6.07) is 6.24. The molecule has 1 heterocycles. The number of thiazole rings is 1. The fraction of sp³-hybridized carbons (Fsp3) is 0.385. The maximum Gasteiger partial charge on any atom is 0.305 e. The highest BCUT2D eigenvalue weighted by atomic mass is 32.1. The van der Waals surface area contributed by atoms with Gasteiger partial charge in [-0.2, -0.15) is 0 Å². The quantitative estimate of drug-likeness (QED) is 0.789. The highest BCUT2D eigenvalue weighted by Gasteiger charge is 2.00. The van der Waals surface area contributed by atoms with E-state index in [0.717, 1.165) is 23.1 Å². The average molecular weight is 234 g/mol. The van der Waals surface area contributed by atoms with Crippen molar-refractivity contribution in [1.82, 2.24) is 4.98 Å².